The van der Waals surface area contributed by atoms with Crippen molar-refractivity contribution in [2.24, 2.45) is 5.92 Å². The maximum Gasteiger partial charge on any atom is 0.0223 e. The van der Waals surface area contributed by atoms with E-state index in [4.69, 9.17) is 0 Å². The van der Waals surface area contributed by atoms with Crippen molar-refractivity contribution in [1.29, 1.82) is 0 Å². The highest BCUT2D eigenvalue weighted by Crippen LogP contribution is 2.29. The number of hydrogen-bond acceptors (Lipinski definition) is 2. The van der Waals surface area contributed by atoms with Gasteiger partial charge in [0.1, 0.15) is 0 Å². The summed E-state index contributed by atoms with van der Waals surface area (Å²) in [7, 11) is 0. The summed E-state index contributed by atoms with van der Waals surface area (Å²) in [5.41, 5.74) is 0. The molecular weight excluding hydrogens is 244 g/mol. The predicted molar refractivity (Wildman–Crippen MR) is 88.2 cm³/mol. The fourth-order valence-electron chi connectivity index (χ4n) is 4.30. The van der Waals surface area contributed by atoms with Gasteiger partial charge in [0.05, 0.1) is 0 Å². The normalized spacial score (nSPS) is 23.6. The van der Waals surface area contributed by atoms with Crippen molar-refractivity contribution in [3.63, 3.8) is 0 Å². The lowest BCUT2D eigenvalue weighted by Gasteiger charge is -2.38. The van der Waals surface area contributed by atoms with Crippen LogP contribution in [0.4, 0.5) is 0 Å². The molecule has 0 aromatic heterocycles. The van der Waals surface area contributed by atoms with Gasteiger partial charge in [0.2, 0.25) is 0 Å². The second-order valence-electron chi connectivity index (χ2n) is 6.98. The van der Waals surface area contributed by atoms with Gasteiger partial charge in [-0.05, 0) is 51.1 Å². The summed E-state index contributed by atoms with van der Waals surface area (Å²) >= 11 is 0. The Morgan fingerprint density at radius 3 is 2.20 bits per heavy atom. The third-order valence-corrected chi connectivity index (χ3v) is 5.55. The SMILES string of the molecule is CCCNC(CN(CC)C1CCCCC1)C1CCCC1. The summed E-state index contributed by atoms with van der Waals surface area (Å²) in [5.74, 6) is 0.944. The van der Waals surface area contributed by atoms with Crippen LogP contribution in [0.25, 0.3) is 0 Å². The zero-order valence-corrected chi connectivity index (χ0v) is 13.9. The summed E-state index contributed by atoms with van der Waals surface area (Å²) in [6.07, 6.45) is 14.4. The minimum absolute atomic E-state index is 0.749. The zero-order valence-electron chi connectivity index (χ0n) is 13.9. The van der Waals surface area contributed by atoms with Crippen LogP contribution in [0.1, 0.15) is 78.1 Å². The van der Waals surface area contributed by atoms with Gasteiger partial charge in [-0.15, -0.1) is 0 Å². The number of nitrogens with zero attached hydrogens (tertiary/aromatic N) is 1. The predicted octanol–water partition coefficient (Wildman–Crippen LogP) is 4.20. The second-order valence-corrected chi connectivity index (χ2v) is 6.98. The highest BCUT2D eigenvalue weighted by molar-refractivity contribution is 4.86. The van der Waals surface area contributed by atoms with Crippen molar-refractivity contribution in [1.82, 2.24) is 10.2 Å². The van der Waals surface area contributed by atoms with Gasteiger partial charge >= 0.3 is 0 Å². The molecule has 1 N–H and O–H groups in total. The highest BCUT2D eigenvalue weighted by Gasteiger charge is 2.28. The minimum atomic E-state index is 0.749. The lowest BCUT2D eigenvalue weighted by Crippen LogP contribution is -2.49. The molecule has 0 aromatic rings. The molecule has 2 heteroatoms. The molecule has 0 amide bonds. The Bertz CT molecular complexity index is 242. The Balaban J connectivity index is 1.88. The van der Waals surface area contributed by atoms with Gasteiger partial charge in [0, 0.05) is 18.6 Å². The molecule has 0 heterocycles. The van der Waals surface area contributed by atoms with E-state index >= 15 is 0 Å². The first kappa shape index (κ1) is 16.3. The molecule has 0 spiro atoms. The highest BCUT2D eigenvalue weighted by atomic mass is 15.2. The molecule has 2 nitrogen and oxygen atoms in total. The van der Waals surface area contributed by atoms with Crippen LogP contribution in [0.15, 0.2) is 0 Å². The van der Waals surface area contributed by atoms with E-state index in [1.165, 1.54) is 83.8 Å². The second kappa shape index (κ2) is 9.04. The smallest absolute Gasteiger partial charge is 0.0223 e. The quantitative estimate of drug-likeness (QED) is 0.717. The Hall–Kier alpha value is -0.0800. The summed E-state index contributed by atoms with van der Waals surface area (Å²) in [6.45, 7) is 8.38. The fourth-order valence-corrected chi connectivity index (χ4v) is 4.30. The molecule has 118 valence electrons. The molecule has 2 aliphatic carbocycles. The molecule has 2 aliphatic rings. The molecule has 0 aliphatic heterocycles. The molecular formula is C18H36N2. The van der Waals surface area contributed by atoms with E-state index in [1.54, 1.807) is 0 Å². The van der Waals surface area contributed by atoms with Crippen molar-refractivity contribution in [2.75, 3.05) is 19.6 Å². The lowest BCUT2D eigenvalue weighted by molar-refractivity contribution is 0.133. The molecule has 2 fully saturated rings. The van der Waals surface area contributed by atoms with Gasteiger partial charge in [-0.1, -0.05) is 46.0 Å². The fraction of sp³-hybridized carbons (Fsp3) is 1.00. The topological polar surface area (TPSA) is 15.3 Å². The molecule has 2 saturated carbocycles. The molecule has 0 aromatic carbocycles. The molecule has 0 saturated heterocycles. The first-order valence-corrected chi connectivity index (χ1v) is 9.32. The standard InChI is InChI=1S/C18H36N2/c1-3-14-19-18(16-10-8-9-11-16)15-20(4-2)17-12-6-5-7-13-17/h16-19H,3-15H2,1-2H3. The average Bonchev–Trinajstić information content (AvgIpc) is 3.03. The van der Waals surface area contributed by atoms with E-state index in [2.05, 4.69) is 24.1 Å². The van der Waals surface area contributed by atoms with E-state index in [-0.39, 0.29) is 0 Å². The summed E-state index contributed by atoms with van der Waals surface area (Å²) in [5, 5.41) is 3.87. The van der Waals surface area contributed by atoms with E-state index in [1.807, 2.05) is 0 Å². The van der Waals surface area contributed by atoms with Gasteiger partial charge < -0.3 is 5.32 Å². The van der Waals surface area contributed by atoms with Gasteiger partial charge in [-0.3, -0.25) is 4.90 Å². The first-order valence-electron chi connectivity index (χ1n) is 9.32. The van der Waals surface area contributed by atoms with Gasteiger partial charge in [0.25, 0.3) is 0 Å². The summed E-state index contributed by atoms with van der Waals surface area (Å²) in [4.78, 5) is 2.80. The summed E-state index contributed by atoms with van der Waals surface area (Å²) in [6, 6.07) is 1.63. The van der Waals surface area contributed by atoms with Crippen LogP contribution in [0.2, 0.25) is 0 Å². The van der Waals surface area contributed by atoms with Crippen molar-refractivity contribution < 1.29 is 0 Å². The Kier molecular flexibility index (Phi) is 7.37. The van der Waals surface area contributed by atoms with E-state index < -0.39 is 0 Å². The number of hydrogen-bond donors (Lipinski definition) is 1. The van der Waals surface area contributed by atoms with Crippen LogP contribution >= 0.6 is 0 Å². The van der Waals surface area contributed by atoms with Crippen LogP contribution in [0.5, 0.6) is 0 Å². The van der Waals surface area contributed by atoms with Crippen molar-refractivity contribution in [3.8, 4) is 0 Å². The van der Waals surface area contributed by atoms with Crippen LogP contribution < -0.4 is 5.32 Å². The molecule has 1 atom stereocenters. The first-order chi connectivity index (χ1) is 9.85. The van der Waals surface area contributed by atoms with Crippen LogP contribution in [-0.4, -0.2) is 36.6 Å². The zero-order chi connectivity index (χ0) is 14.2. The summed E-state index contributed by atoms with van der Waals surface area (Å²) < 4.78 is 0. The van der Waals surface area contributed by atoms with E-state index in [9.17, 15) is 0 Å². The molecule has 0 bridgehead atoms. The number of likely N-dealkylation sites (N-methyl/N-ethyl adjacent to an activating group) is 1. The molecule has 1 unspecified atom stereocenters. The van der Waals surface area contributed by atoms with Crippen LogP contribution in [0, 0.1) is 5.92 Å². The van der Waals surface area contributed by atoms with Crippen LogP contribution in [0.3, 0.4) is 0 Å². The van der Waals surface area contributed by atoms with Crippen molar-refractivity contribution in [3.05, 3.63) is 0 Å². The Labute approximate surface area is 126 Å². The maximum atomic E-state index is 3.87. The Morgan fingerprint density at radius 1 is 0.950 bits per heavy atom. The van der Waals surface area contributed by atoms with Crippen molar-refractivity contribution in [2.45, 2.75) is 90.1 Å². The monoisotopic (exact) mass is 280 g/mol. The molecule has 20 heavy (non-hydrogen) atoms. The largest absolute Gasteiger partial charge is 0.312 e. The Morgan fingerprint density at radius 2 is 1.60 bits per heavy atom. The molecule has 2 rings (SSSR count). The molecule has 0 radical (unpaired) electrons. The minimum Gasteiger partial charge on any atom is -0.312 e. The number of nitrogens with one attached hydrogen (secondary N) is 1. The van der Waals surface area contributed by atoms with Gasteiger partial charge in [-0.2, -0.15) is 0 Å². The van der Waals surface area contributed by atoms with Gasteiger partial charge in [0.15, 0.2) is 0 Å². The third kappa shape index (κ3) is 4.73. The van der Waals surface area contributed by atoms with E-state index in [0.29, 0.717) is 0 Å². The third-order valence-electron chi connectivity index (χ3n) is 5.55. The van der Waals surface area contributed by atoms with E-state index in [0.717, 1.165) is 18.0 Å². The maximum absolute atomic E-state index is 3.87. The van der Waals surface area contributed by atoms with Gasteiger partial charge in [-0.25, -0.2) is 0 Å². The average molecular weight is 280 g/mol. The van der Waals surface area contributed by atoms with Crippen molar-refractivity contribution >= 4 is 0 Å². The number of rotatable bonds is 8. The lowest BCUT2D eigenvalue weighted by atomic mass is 9.92. The van der Waals surface area contributed by atoms with Crippen LogP contribution in [-0.2, 0) is 0 Å².